The van der Waals surface area contributed by atoms with Crippen molar-refractivity contribution in [3.05, 3.63) is 23.7 Å². The van der Waals surface area contributed by atoms with Crippen LogP contribution < -0.4 is 11.1 Å². The van der Waals surface area contributed by atoms with Gasteiger partial charge < -0.3 is 20.1 Å². The van der Waals surface area contributed by atoms with Crippen molar-refractivity contribution in [1.82, 2.24) is 10.3 Å². The average molecular weight is 505 g/mol. The average Bonchev–Trinajstić information content (AvgIpc) is 3.32. The van der Waals surface area contributed by atoms with Crippen LogP contribution in [0.25, 0.3) is 0 Å². The Balaban J connectivity index is 0. The van der Waals surface area contributed by atoms with Crippen LogP contribution in [0.2, 0.25) is 0 Å². The predicted octanol–water partition coefficient (Wildman–Crippen LogP) is 5.28. The number of hydrogen-bond acceptors (Lipinski definition) is 7. The van der Waals surface area contributed by atoms with E-state index in [1.54, 1.807) is 12.1 Å². The van der Waals surface area contributed by atoms with Gasteiger partial charge in [0.2, 0.25) is 11.1 Å². The topological polar surface area (TPSA) is 124 Å². The molecule has 2 heterocycles. The Morgan fingerprint density at radius 1 is 1.06 bits per heavy atom. The Morgan fingerprint density at radius 2 is 1.48 bits per heavy atom. The van der Waals surface area contributed by atoms with E-state index in [0.29, 0.717) is 11.6 Å². The molecule has 178 valence electrons. The van der Waals surface area contributed by atoms with Crippen molar-refractivity contribution in [2.45, 2.75) is 52.4 Å². The van der Waals surface area contributed by atoms with Crippen LogP contribution in [0.1, 0.15) is 54.4 Å². The number of nitrogen functional groups attached to an aromatic ring is 1. The summed E-state index contributed by atoms with van der Waals surface area (Å²) in [4.78, 5) is 20.4. The van der Waals surface area contributed by atoms with Crippen LogP contribution in [0.15, 0.2) is 21.2 Å². The number of carbonyl (C=O) groups is 2. The summed E-state index contributed by atoms with van der Waals surface area (Å²) in [6, 6.07) is 3.45. The van der Waals surface area contributed by atoms with Crippen molar-refractivity contribution in [3.8, 4) is 0 Å². The number of nitrogens with two attached hydrogens (primary N) is 1. The number of aromatic nitrogens is 2. The second kappa shape index (κ2) is 15.0. The van der Waals surface area contributed by atoms with Gasteiger partial charge in [0.05, 0.1) is 14.4 Å². The molecule has 0 bridgehead atoms. The predicted molar refractivity (Wildman–Crippen MR) is 123 cm³/mol. The van der Waals surface area contributed by atoms with E-state index in [-0.39, 0.29) is 28.5 Å². The lowest BCUT2D eigenvalue weighted by molar-refractivity contribution is -0.114. The SMILES string of the molecule is CC(C)(C)c1cc(N)no1.CC(C)(C)c1cc(NC(=O)CCl)no1.O=C(Cl)CCl.[2H]CF. The lowest BCUT2D eigenvalue weighted by atomic mass is 9.93. The Labute approximate surface area is 198 Å². The molecular weight excluding hydrogens is 474 g/mol. The number of amides is 1. The zero-order valence-electron chi connectivity index (χ0n) is 19.4. The quantitative estimate of drug-likeness (QED) is 0.430. The molecule has 0 atom stereocenters. The van der Waals surface area contributed by atoms with Crippen LogP contribution in [0.3, 0.4) is 0 Å². The number of halogens is 4. The molecule has 2 aromatic heterocycles. The number of rotatable bonds is 3. The van der Waals surface area contributed by atoms with E-state index >= 15 is 0 Å². The Kier molecular flexibility index (Phi) is 14.2. The first-order valence-electron chi connectivity index (χ1n) is 9.48. The maximum Gasteiger partial charge on any atom is 0.240 e. The molecular formula is C19H30Cl3FN4O4. The monoisotopic (exact) mass is 503 g/mol. The summed E-state index contributed by atoms with van der Waals surface area (Å²) in [5, 5.41) is 9.29. The number of anilines is 2. The molecule has 8 nitrogen and oxygen atoms in total. The summed E-state index contributed by atoms with van der Waals surface area (Å²) in [6.45, 7) is 12.1. The molecule has 31 heavy (non-hydrogen) atoms. The summed E-state index contributed by atoms with van der Waals surface area (Å²) in [5.41, 5.74) is 5.26. The summed E-state index contributed by atoms with van der Waals surface area (Å²) in [7, 11) is -1.00. The molecule has 2 aromatic rings. The number of nitrogens with one attached hydrogen (secondary N) is 1. The zero-order valence-corrected chi connectivity index (χ0v) is 20.7. The highest BCUT2D eigenvalue weighted by Crippen LogP contribution is 2.24. The summed E-state index contributed by atoms with van der Waals surface area (Å²) in [6.07, 6.45) is 0. The maximum absolute atomic E-state index is 10.9. The normalized spacial score (nSPS) is 10.8. The molecule has 0 aliphatic heterocycles. The molecule has 0 aromatic carbocycles. The van der Waals surface area contributed by atoms with Crippen LogP contribution >= 0.6 is 34.8 Å². The molecule has 0 saturated heterocycles. The van der Waals surface area contributed by atoms with Gasteiger partial charge in [-0.25, -0.2) is 0 Å². The van der Waals surface area contributed by atoms with Crippen LogP contribution in [0.5, 0.6) is 0 Å². The fourth-order valence-electron chi connectivity index (χ4n) is 1.51. The van der Waals surface area contributed by atoms with Gasteiger partial charge in [-0.3, -0.25) is 14.0 Å². The van der Waals surface area contributed by atoms with E-state index in [4.69, 9.17) is 51.0 Å². The van der Waals surface area contributed by atoms with Crippen LogP contribution in [-0.2, 0) is 20.4 Å². The molecule has 0 unspecified atom stereocenters. The highest BCUT2D eigenvalue weighted by molar-refractivity contribution is 6.67. The van der Waals surface area contributed by atoms with Gasteiger partial charge in [-0.1, -0.05) is 51.9 Å². The molecule has 0 fully saturated rings. The van der Waals surface area contributed by atoms with Crippen molar-refractivity contribution in [2.24, 2.45) is 0 Å². The van der Waals surface area contributed by atoms with Gasteiger partial charge in [0, 0.05) is 23.0 Å². The third-order valence-corrected chi connectivity index (χ3v) is 3.77. The smallest absolute Gasteiger partial charge is 0.240 e. The lowest BCUT2D eigenvalue weighted by Gasteiger charge is -2.11. The first-order chi connectivity index (χ1) is 14.6. The first kappa shape index (κ1) is 29.2. The molecule has 0 saturated carbocycles. The fourth-order valence-corrected chi connectivity index (χ4v) is 1.57. The van der Waals surface area contributed by atoms with E-state index in [0.717, 1.165) is 11.5 Å². The number of alkyl halides is 3. The van der Waals surface area contributed by atoms with Crippen molar-refractivity contribution < 1.29 is 24.4 Å². The highest BCUT2D eigenvalue weighted by atomic mass is 35.5. The van der Waals surface area contributed by atoms with Crippen molar-refractivity contribution in [1.29, 1.82) is 0 Å². The first-order valence-corrected chi connectivity index (χ1v) is 10.2. The third-order valence-electron chi connectivity index (χ3n) is 3.01. The van der Waals surface area contributed by atoms with Crippen molar-refractivity contribution >= 4 is 57.6 Å². The minimum atomic E-state index is -1.00. The van der Waals surface area contributed by atoms with Gasteiger partial charge in [-0.15, -0.1) is 23.2 Å². The van der Waals surface area contributed by atoms with Gasteiger partial charge in [0.25, 0.3) is 0 Å². The van der Waals surface area contributed by atoms with Crippen molar-refractivity contribution in [3.63, 3.8) is 0 Å². The number of carbonyl (C=O) groups excluding carboxylic acids is 2. The molecule has 2 rings (SSSR count). The lowest BCUT2D eigenvalue weighted by Crippen LogP contribution is -2.13. The van der Waals surface area contributed by atoms with Crippen LogP contribution in [0, 0.1) is 0 Å². The molecule has 0 spiro atoms. The van der Waals surface area contributed by atoms with E-state index in [9.17, 15) is 14.0 Å². The Bertz CT molecular complexity index is 805. The van der Waals surface area contributed by atoms with Gasteiger partial charge in [0.1, 0.15) is 17.4 Å². The van der Waals surface area contributed by atoms with E-state index in [1.165, 1.54) is 0 Å². The Hall–Kier alpha value is -1.84. The summed E-state index contributed by atoms with van der Waals surface area (Å²) >= 11 is 14.9. The maximum atomic E-state index is 10.9. The molecule has 0 radical (unpaired) electrons. The van der Waals surface area contributed by atoms with E-state index < -0.39 is 12.4 Å². The minimum Gasteiger partial charge on any atom is -0.381 e. The molecule has 0 aliphatic carbocycles. The number of hydrogen-bond donors (Lipinski definition) is 2. The van der Waals surface area contributed by atoms with E-state index in [1.807, 2.05) is 41.5 Å². The number of nitrogens with zero attached hydrogens (tertiary/aromatic N) is 2. The summed E-state index contributed by atoms with van der Waals surface area (Å²) < 4.78 is 25.5. The third kappa shape index (κ3) is 14.7. The van der Waals surface area contributed by atoms with Gasteiger partial charge in [-0.05, 0) is 11.6 Å². The summed E-state index contributed by atoms with van der Waals surface area (Å²) in [5.74, 6) is 1.93. The van der Waals surface area contributed by atoms with Gasteiger partial charge in [0.15, 0.2) is 11.6 Å². The second-order valence-corrected chi connectivity index (χ2v) is 8.82. The van der Waals surface area contributed by atoms with Gasteiger partial charge in [-0.2, -0.15) is 0 Å². The van der Waals surface area contributed by atoms with Gasteiger partial charge >= 0.3 is 0 Å². The standard InChI is InChI=1S/C9H13ClN2O2.C7H12N2O.C2H2Cl2O.CH3F/c1-9(2,3)6-4-7(12-14-6)11-8(13)5-10;1-7(2,3)5-4-6(8)9-10-5;3-1-2(4)5;1-2/h4H,5H2,1-3H3,(H,11,12,13);4H,1-3H3,(H2,8,9);1H2;1H3/i;;;1D. The minimum absolute atomic E-state index is 0.00458. The highest BCUT2D eigenvalue weighted by Gasteiger charge is 2.20. The van der Waals surface area contributed by atoms with Crippen LogP contribution in [-0.4, -0.2) is 40.4 Å². The van der Waals surface area contributed by atoms with E-state index in [2.05, 4.69) is 15.6 Å². The Morgan fingerprint density at radius 3 is 1.74 bits per heavy atom. The fraction of sp³-hybridized carbons (Fsp3) is 0.579. The zero-order chi connectivity index (χ0) is 25.5. The van der Waals surface area contributed by atoms with Crippen LogP contribution in [0.4, 0.5) is 16.0 Å². The van der Waals surface area contributed by atoms with Crippen molar-refractivity contribution in [2.75, 3.05) is 30.0 Å². The molecule has 0 aliphatic rings. The molecule has 12 heteroatoms. The molecule has 3 N–H and O–H groups in total. The largest absolute Gasteiger partial charge is 0.381 e. The molecule has 1 amide bonds. The second-order valence-electron chi connectivity index (χ2n) is 7.86.